The Morgan fingerprint density at radius 1 is 1.00 bits per heavy atom. The lowest BCUT2D eigenvalue weighted by atomic mass is 10.2. The number of aromatic nitrogens is 4. The lowest BCUT2D eigenvalue weighted by Crippen LogP contribution is -2.31. The molecule has 8 heteroatoms. The molecule has 0 saturated heterocycles. The SMILES string of the molecule is C[C@@H](CC(=O)NC(=O)c1ccccc1)n1cnc2c(OCc3ccccc3)ncnc21. The summed E-state index contributed by atoms with van der Waals surface area (Å²) in [6, 6.07) is 18.1. The second-order valence-electron chi connectivity index (χ2n) is 7.07. The first-order chi connectivity index (χ1) is 15.1. The van der Waals surface area contributed by atoms with E-state index in [4.69, 9.17) is 4.74 Å². The molecule has 1 N–H and O–H groups in total. The van der Waals surface area contributed by atoms with E-state index in [1.54, 1.807) is 35.2 Å². The summed E-state index contributed by atoms with van der Waals surface area (Å²) in [6.45, 7) is 2.22. The van der Waals surface area contributed by atoms with Crippen molar-refractivity contribution in [1.82, 2.24) is 24.8 Å². The van der Waals surface area contributed by atoms with E-state index >= 15 is 0 Å². The number of benzene rings is 2. The normalized spacial score (nSPS) is 11.8. The van der Waals surface area contributed by atoms with Gasteiger partial charge in [-0.3, -0.25) is 14.9 Å². The van der Waals surface area contributed by atoms with Crippen LogP contribution in [-0.2, 0) is 11.4 Å². The number of nitrogens with zero attached hydrogens (tertiary/aromatic N) is 4. The molecule has 0 unspecified atom stereocenters. The van der Waals surface area contributed by atoms with Crippen molar-refractivity contribution in [3.8, 4) is 5.88 Å². The van der Waals surface area contributed by atoms with E-state index in [2.05, 4.69) is 20.3 Å². The van der Waals surface area contributed by atoms with Crippen molar-refractivity contribution < 1.29 is 14.3 Å². The molecule has 8 nitrogen and oxygen atoms in total. The first-order valence-corrected chi connectivity index (χ1v) is 9.85. The van der Waals surface area contributed by atoms with Crippen LogP contribution in [0.2, 0.25) is 0 Å². The van der Waals surface area contributed by atoms with Crippen LogP contribution in [0.15, 0.2) is 73.3 Å². The molecule has 0 fully saturated rings. The third kappa shape index (κ3) is 4.75. The Morgan fingerprint density at radius 2 is 1.71 bits per heavy atom. The standard InChI is InChI=1S/C23H21N5O3/c1-16(12-19(29)27-22(30)18-10-6-3-7-11-18)28-15-26-20-21(28)24-14-25-23(20)31-13-17-8-4-2-5-9-17/h2-11,14-16H,12-13H2,1H3,(H,27,29,30)/t16-/m0/s1. The minimum Gasteiger partial charge on any atom is -0.471 e. The molecule has 2 aromatic heterocycles. The van der Waals surface area contributed by atoms with Crippen molar-refractivity contribution in [2.24, 2.45) is 0 Å². The number of fused-ring (bicyclic) bond motifs is 1. The second kappa shape index (κ2) is 9.17. The van der Waals surface area contributed by atoms with Crippen LogP contribution in [0.1, 0.15) is 35.3 Å². The Kier molecular flexibility index (Phi) is 5.98. The Morgan fingerprint density at radius 3 is 2.45 bits per heavy atom. The molecule has 0 aliphatic rings. The predicted octanol–water partition coefficient (Wildman–Crippen LogP) is 3.31. The maximum absolute atomic E-state index is 12.4. The Bertz CT molecular complexity index is 1190. The first kappa shape index (κ1) is 20.2. The van der Waals surface area contributed by atoms with E-state index in [0.717, 1.165) is 5.56 Å². The second-order valence-corrected chi connectivity index (χ2v) is 7.07. The molecule has 0 aliphatic carbocycles. The van der Waals surface area contributed by atoms with Crippen LogP contribution in [0.4, 0.5) is 0 Å². The topological polar surface area (TPSA) is 99.0 Å². The van der Waals surface area contributed by atoms with Crippen LogP contribution >= 0.6 is 0 Å². The number of amides is 2. The van der Waals surface area contributed by atoms with Gasteiger partial charge in [-0.25, -0.2) is 9.97 Å². The minimum absolute atomic E-state index is 0.0915. The largest absolute Gasteiger partial charge is 0.471 e. The van der Waals surface area contributed by atoms with Gasteiger partial charge in [0, 0.05) is 18.0 Å². The van der Waals surface area contributed by atoms with Crippen molar-refractivity contribution in [2.45, 2.75) is 26.0 Å². The molecule has 1 atom stereocenters. The molecule has 31 heavy (non-hydrogen) atoms. The highest BCUT2D eigenvalue weighted by Crippen LogP contribution is 2.24. The Labute approximate surface area is 178 Å². The minimum atomic E-state index is -0.424. The molecule has 0 radical (unpaired) electrons. The fraction of sp³-hybridized carbons (Fsp3) is 0.174. The number of carbonyl (C=O) groups is 2. The van der Waals surface area contributed by atoms with Gasteiger partial charge in [0.05, 0.1) is 6.33 Å². The monoisotopic (exact) mass is 415 g/mol. The van der Waals surface area contributed by atoms with E-state index < -0.39 is 5.91 Å². The maximum atomic E-state index is 12.4. The van der Waals surface area contributed by atoms with Crippen molar-refractivity contribution in [1.29, 1.82) is 0 Å². The molecule has 2 aromatic carbocycles. The van der Waals surface area contributed by atoms with Gasteiger partial charge in [-0.2, -0.15) is 4.98 Å². The summed E-state index contributed by atoms with van der Waals surface area (Å²) in [4.78, 5) is 37.4. The Balaban J connectivity index is 1.44. The van der Waals surface area contributed by atoms with Gasteiger partial charge in [0.2, 0.25) is 11.8 Å². The molecule has 2 amide bonds. The molecule has 156 valence electrons. The third-order valence-electron chi connectivity index (χ3n) is 4.79. The van der Waals surface area contributed by atoms with Crippen LogP contribution in [0.5, 0.6) is 5.88 Å². The smallest absolute Gasteiger partial charge is 0.257 e. The van der Waals surface area contributed by atoms with E-state index in [1.807, 2.05) is 43.3 Å². The fourth-order valence-electron chi connectivity index (χ4n) is 3.19. The van der Waals surface area contributed by atoms with Crippen LogP contribution in [0.3, 0.4) is 0 Å². The van der Waals surface area contributed by atoms with Crippen molar-refractivity contribution in [3.05, 3.63) is 84.4 Å². The van der Waals surface area contributed by atoms with Crippen molar-refractivity contribution >= 4 is 23.0 Å². The third-order valence-corrected chi connectivity index (χ3v) is 4.79. The zero-order valence-corrected chi connectivity index (χ0v) is 16.9. The van der Waals surface area contributed by atoms with Gasteiger partial charge in [-0.1, -0.05) is 48.5 Å². The summed E-state index contributed by atoms with van der Waals surface area (Å²) in [5.41, 5.74) is 2.53. The van der Waals surface area contributed by atoms with E-state index in [-0.39, 0.29) is 18.4 Å². The van der Waals surface area contributed by atoms with Crippen LogP contribution in [0, 0.1) is 0 Å². The van der Waals surface area contributed by atoms with Gasteiger partial charge < -0.3 is 9.30 Å². The number of hydrogen-bond donors (Lipinski definition) is 1. The lowest BCUT2D eigenvalue weighted by molar-refractivity contribution is -0.120. The highest BCUT2D eigenvalue weighted by atomic mass is 16.5. The van der Waals surface area contributed by atoms with E-state index in [0.29, 0.717) is 29.2 Å². The highest BCUT2D eigenvalue weighted by molar-refractivity contribution is 6.04. The number of ether oxygens (including phenoxy) is 1. The number of imide groups is 1. The average Bonchev–Trinajstić information content (AvgIpc) is 3.24. The van der Waals surface area contributed by atoms with E-state index in [1.165, 1.54) is 6.33 Å². The molecule has 0 bridgehead atoms. The number of nitrogens with one attached hydrogen (secondary N) is 1. The summed E-state index contributed by atoms with van der Waals surface area (Å²) >= 11 is 0. The number of carbonyl (C=O) groups excluding carboxylic acids is 2. The number of rotatable bonds is 7. The molecular weight excluding hydrogens is 394 g/mol. The molecule has 2 heterocycles. The van der Waals surface area contributed by atoms with Crippen LogP contribution in [0.25, 0.3) is 11.2 Å². The Hall–Kier alpha value is -4.07. The molecule has 4 aromatic rings. The average molecular weight is 415 g/mol. The highest BCUT2D eigenvalue weighted by Gasteiger charge is 2.19. The van der Waals surface area contributed by atoms with Gasteiger partial charge in [-0.05, 0) is 24.6 Å². The number of hydrogen-bond acceptors (Lipinski definition) is 6. The summed E-state index contributed by atoms with van der Waals surface area (Å²) in [6.07, 6.45) is 3.10. The predicted molar refractivity (Wildman–Crippen MR) is 114 cm³/mol. The molecule has 4 rings (SSSR count). The quantitative estimate of drug-likeness (QED) is 0.497. The summed E-state index contributed by atoms with van der Waals surface area (Å²) < 4.78 is 7.61. The summed E-state index contributed by atoms with van der Waals surface area (Å²) in [5, 5.41) is 2.42. The summed E-state index contributed by atoms with van der Waals surface area (Å²) in [5.74, 6) is -0.423. The fourth-order valence-corrected chi connectivity index (χ4v) is 3.19. The lowest BCUT2D eigenvalue weighted by Gasteiger charge is -2.13. The van der Waals surface area contributed by atoms with E-state index in [9.17, 15) is 9.59 Å². The van der Waals surface area contributed by atoms with Crippen molar-refractivity contribution in [3.63, 3.8) is 0 Å². The number of imidazole rings is 1. The molecular formula is C23H21N5O3. The summed E-state index contributed by atoms with van der Waals surface area (Å²) in [7, 11) is 0. The molecule has 0 saturated carbocycles. The zero-order chi connectivity index (χ0) is 21.6. The van der Waals surface area contributed by atoms with Gasteiger partial charge in [0.1, 0.15) is 12.9 Å². The van der Waals surface area contributed by atoms with Gasteiger partial charge in [0.15, 0.2) is 11.2 Å². The first-order valence-electron chi connectivity index (χ1n) is 9.85. The zero-order valence-electron chi connectivity index (χ0n) is 16.9. The van der Waals surface area contributed by atoms with Gasteiger partial charge in [-0.15, -0.1) is 0 Å². The molecule has 0 spiro atoms. The maximum Gasteiger partial charge on any atom is 0.257 e. The van der Waals surface area contributed by atoms with Crippen molar-refractivity contribution in [2.75, 3.05) is 0 Å². The van der Waals surface area contributed by atoms with Crippen LogP contribution < -0.4 is 10.1 Å². The van der Waals surface area contributed by atoms with Gasteiger partial charge in [0.25, 0.3) is 5.91 Å². The van der Waals surface area contributed by atoms with Crippen LogP contribution in [-0.4, -0.2) is 31.3 Å². The van der Waals surface area contributed by atoms with Gasteiger partial charge >= 0.3 is 0 Å². The molecule has 0 aliphatic heterocycles.